The predicted molar refractivity (Wildman–Crippen MR) is 89.2 cm³/mol. The SMILES string of the molecule is CCCN(CCC)c1nc(COC)c(CNCCOC)s1. The molecule has 6 heteroatoms. The van der Waals surface area contributed by atoms with Crippen LogP contribution in [0, 0.1) is 0 Å². The van der Waals surface area contributed by atoms with Crippen molar-refractivity contribution in [2.45, 2.75) is 39.8 Å². The molecule has 0 aromatic carbocycles. The van der Waals surface area contributed by atoms with Crippen LogP contribution < -0.4 is 10.2 Å². The Hall–Kier alpha value is -0.690. The quantitative estimate of drug-likeness (QED) is 0.601. The van der Waals surface area contributed by atoms with Gasteiger partial charge in [0.2, 0.25) is 0 Å². The molecule has 0 unspecified atom stereocenters. The summed E-state index contributed by atoms with van der Waals surface area (Å²) in [4.78, 5) is 8.43. The van der Waals surface area contributed by atoms with Crippen molar-refractivity contribution in [2.24, 2.45) is 0 Å². The molecule has 1 heterocycles. The number of thiazole rings is 1. The molecular weight excluding hydrogens is 286 g/mol. The van der Waals surface area contributed by atoms with Crippen molar-refractivity contribution in [1.82, 2.24) is 10.3 Å². The van der Waals surface area contributed by atoms with Gasteiger partial charge in [-0.3, -0.25) is 0 Å². The van der Waals surface area contributed by atoms with Gasteiger partial charge in [0.15, 0.2) is 5.13 Å². The number of methoxy groups -OCH3 is 2. The summed E-state index contributed by atoms with van der Waals surface area (Å²) >= 11 is 1.78. The van der Waals surface area contributed by atoms with E-state index in [-0.39, 0.29) is 0 Å². The average Bonchev–Trinajstić information content (AvgIpc) is 2.87. The molecule has 0 radical (unpaired) electrons. The number of hydrogen-bond donors (Lipinski definition) is 1. The summed E-state index contributed by atoms with van der Waals surface area (Å²) in [5, 5.41) is 4.51. The molecule has 0 spiro atoms. The number of ether oxygens (including phenoxy) is 2. The Kier molecular flexibility index (Phi) is 9.58. The van der Waals surface area contributed by atoms with Gasteiger partial charge in [-0.15, -0.1) is 11.3 Å². The normalized spacial score (nSPS) is 11.0. The number of rotatable bonds is 12. The van der Waals surface area contributed by atoms with Crippen LogP contribution in [0.2, 0.25) is 0 Å². The van der Waals surface area contributed by atoms with Gasteiger partial charge in [0, 0.05) is 45.3 Å². The Bertz CT molecular complexity index is 379. The fourth-order valence-electron chi connectivity index (χ4n) is 2.11. The molecule has 1 N–H and O–H groups in total. The standard InChI is InChI=1S/C15H29N3O2S/c1-5-8-18(9-6-2)15-17-13(12-20-4)14(21-15)11-16-7-10-19-3/h16H,5-12H2,1-4H3. The number of nitrogens with zero attached hydrogens (tertiary/aromatic N) is 2. The predicted octanol–water partition coefficient (Wildman–Crippen LogP) is 2.65. The highest BCUT2D eigenvalue weighted by Crippen LogP contribution is 2.27. The van der Waals surface area contributed by atoms with E-state index in [1.807, 2.05) is 0 Å². The van der Waals surface area contributed by atoms with Crippen molar-refractivity contribution in [1.29, 1.82) is 0 Å². The Morgan fingerprint density at radius 1 is 1.14 bits per heavy atom. The van der Waals surface area contributed by atoms with Gasteiger partial charge < -0.3 is 19.7 Å². The first-order valence-electron chi connectivity index (χ1n) is 7.68. The van der Waals surface area contributed by atoms with Crippen molar-refractivity contribution in [3.8, 4) is 0 Å². The van der Waals surface area contributed by atoms with Gasteiger partial charge >= 0.3 is 0 Å². The highest BCUT2D eigenvalue weighted by atomic mass is 32.1. The van der Waals surface area contributed by atoms with Crippen molar-refractivity contribution in [3.05, 3.63) is 10.6 Å². The van der Waals surface area contributed by atoms with Gasteiger partial charge in [0.25, 0.3) is 0 Å². The molecule has 0 aliphatic heterocycles. The Morgan fingerprint density at radius 2 is 1.86 bits per heavy atom. The van der Waals surface area contributed by atoms with Crippen LogP contribution in [-0.2, 0) is 22.6 Å². The number of nitrogens with one attached hydrogen (secondary N) is 1. The van der Waals surface area contributed by atoms with Crippen molar-refractivity contribution < 1.29 is 9.47 Å². The van der Waals surface area contributed by atoms with Crippen LogP contribution in [0.15, 0.2) is 0 Å². The molecule has 1 aromatic rings. The smallest absolute Gasteiger partial charge is 0.185 e. The molecule has 0 bridgehead atoms. The van der Waals surface area contributed by atoms with Gasteiger partial charge in [0.05, 0.1) is 18.9 Å². The molecule has 122 valence electrons. The lowest BCUT2D eigenvalue weighted by molar-refractivity contribution is 0.181. The lowest BCUT2D eigenvalue weighted by atomic mass is 10.3. The lowest BCUT2D eigenvalue weighted by Gasteiger charge is -2.20. The monoisotopic (exact) mass is 315 g/mol. The molecule has 0 aliphatic carbocycles. The topological polar surface area (TPSA) is 46.6 Å². The van der Waals surface area contributed by atoms with E-state index in [4.69, 9.17) is 14.5 Å². The lowest BCUT2D eigenvalue weighted by Crippen LogP contribution is -2.24. The van der Waals surface area contributed by atoms with E-state index in [0.29, 0.717) is 6.61 Å². The van der Waals surface area contributed by atoms with Gasteiger partial charge in [0.1, 0.15) is 0 Å². The van der Waals surface area contributed by atoms with E-state index in [1.165, 1.54) is 4.88 Å². The largest absolute Gasteiger partial charge is 0.383 e. The first-order chi connectivity index (χ1) is 10.3. The average molecular weight is 315 g/mol. The summed E-state index contributed by atoms with van der Waals surface area (Å²) in [6, 6.07) is 0. The Morgan fingerprint density at radius 3 is 2.43 bits per heavy atom. The van der Waals surface area contributed by atoms with Crippen LogP contribution in [0.5, 0.6) is 0 Å². The zero-order chi connectivity index (χ0) is 15.5. The molecule has 1 rings (SSSR count). The second kappa shape index (κ2) is 11.0. The minimum Gasteiger partial charge on any atom is -0.383 e. The summed E-state index contributed by atoms with van der Waals surface area (Å²) in [7, 11) is 3.44. The third-order valence-electron chi connectivity index (χ3n) is 3.07. The van der Waals surface area contributed by atoms with Gasteiger partial charge in [-0.25, -0.2) is 4.98 Å². The van der Waals surface area contributed by atoms with Crippen molar-refractivity contribution in [3.63, 3.8) is 0 Å². The van der Waals surface area contributed by atoms with Crippen molar-refractivity contribution >= 4 is 16.5 Å². The molecule has 0 amide bonds. The fraction of sp³-hybridized carbons (Fsp3) is 0.800. The number of aromatic nitrogens is 1. The first kappa shape index (κ1) is 18.4. The van der Waals surface area contributed by atoms with Crippen molar-refractivity contribution in [2.75, 3.05) is 45.4 Å². The van der Waals surface area contributed by atoms with E-state index in [0.717, 1.165) is 56.5 Å². The second-order valence-corrected chi connectivity index (χ2v) is 6.02. The molecule has 0 atom stereocenters. The first-order valence-corrected chi connectivity index (χ1v) is 8.50. The summed E-state index contributed by atoms with van der Waals surface area (Å²) in [5.41, 5.74) is 1.06. The van der Waals surface area contributed by atoms with Crippen LogP contribution in [-0.4, -0.2) is 45.4 Å². The minimum absolute atomic E-state index is 0.573. The summed E-state index contributed by atoms with van der Waals surface area (Å²) in [5.74, 6) is 0. The molecule has 0 aliphatic rings. The molecule has 0 fully saturated rings. The third kappa shape index (κ3) is 6.30. The van der Waals surface area contributed by atoms with Crippen LogP contribution in [0.25, 0.3) is 0 Å². The molecule has 5 nitrogen and oxygen atoms in total. The molecule has 21 heavy (non-hydrogen) atoms. The maximum Gasteiger partial charge on any atom is 0.185 e. The summed E-state index contributed by atoms with van der Waals surface area (Å²) in [6.45, 7) is 9.51. The highest BCUT2D eigenvalue weighted by molar-refractivity contribution is 7.15. The fourth-order valence-corrected chi connectivity index (χ4v) is 3.20. The zero-order valence-corrected chi connectivity index (χ0v) is 14.6. The summed E-state index contributed by atoms with van der Waals surface area (Å²) < 4.78 is 10.3. The van der Waals surface area contributed by atoms with Crippen LogP contribution in [0.1, 0.15) is 37.3 Å². The van der Waals surface area contributed by atoms with Crippen LogP contribution in [0.4, 0.5) is 5.13 Å². The molecule has 0 saturated heterocycles. The van der Waals surface area contributed by atoms with Crippen LogP contribution >= 0.6 is 11.3 Å². The maximum atomic E-state index is 5.28. The third-order valence-corrected chi connectivity index (χ3v) is 4.23. The number of hydrogen-bond acceptors (Lipinski definition) is 6. The maximum absolute atomic E-state index is 5.28. The van der Waals surface area contributed by atoms with E-state index >= 15 is 0 Å². The van der Waals surface area contributed by atoms with E-state index in [1.54, 1.807) is 25.6 Å². The van der Waals surface area contributed by atoms with Gasteiger partial charge in [-0.2, -0.15) is 0 Å². The molecule has 0 saturated carbocycles. The highest BCUT2D eigenvalue weighted by Gasteiger charge is 2.15. The Labute approximate surface area is 132 Å². The molecular formula is C15H29N3O2S. The number of anilines is 1. The minimum atomic E-state index is 0.573. The van der Waals surface area contributed by atoms with E-state index < -0.39 is 0 Å². The zero-order valence-electron chi connectivity index (χ0n) is 13.8. The van der Waals surface area contributed by atoms with E-state index in [2.05, 4.69) is 24.1 Å². The molecule has 1 aromatic heterocycles. The summed E-state index contributed by atoms with van der Waals surface area (Å²) in [6.07, 6.45) is 2.28. The second-order valence-electron chi connectivity index (χ2n) is 4.96. The van der Waals surface area contributed by atoms with Crippen LogP contribution in [0.3, 0.4) is 0 Å². The van der Waals surface area contributed by atoms with Gasteiger partial charge in [-0.05, 0) is 12.8 Å². The van der Waals surface area contributed by atoms with E-state index in [9.17, 15) is 0 Å². The Balaban J connectivity index is 2.75. The van der Waals surface area contributed by atoms with Gasteiger partial charge in [-0.1, -0.05) is 13.8 Å².